The second-order valence-electron chi connectivity index (χ2n) is 7.98. The molecule has 12 heteroatoms. The standard InChI is InChI=1S/C19H24F4N2O5S/c20-14-2-4-15(5-3-14)31(28,29)25-9-1-6-18(13-25)7-10-24(11-8-18)17(27)30-16(12-26)19(21,22)23/h2-5,16,26H,1,6-13H2/t16-/m1/s1. The third-order valence-electron chi connectivity index (χ3n) is 5.93. The lowest BCUT2D eigenvalue weighted by Crippen LogP contribution is -2.52. The number of halogens is 4. The molecule has 1 atom stereocenters. The first-order chi connectivity index (χ1) is 14.5. The Morgan fingerprint density at radius 3 is 2.29 bits per heavy atom. The van der Waals surface area contributed by atoms with Gasteiger partial charge < -0.3 is 14.7 Å². The van der Waals surface area contributed by atoms with Crippen LogP contribution in [0.1, 0.15) is 25.7 Å². The number of amides is 1. The van der Waals surface area contributed by atoms with Crippen molar-refractivity contribution in [2.75, 3.05) is 32.8 Å². The van der Waals surface area contributed by atoms with Crippen LogP contribution in [0.2, 0.25) is 0 Å². The fraction of sp³-hybridized carbons (Fsp3) is 0.632. The summed E-state index contributed by atoms with van der Waals surface area (Å²) in [7, 11) is -3.81. The summed E-state index contributed by atoms with van der Waals surface area (Å²) in [6.45, 7) is -0.573. The van der Waals surface area contributed by atoms with E-state index in [9.17, 15) is 30.8 Å². The smallest absolute Gasteiger partial charge is 0.427 e. The number of sulfonamides is 1. The number of aliphatic hydroxyl groups excluding tert-OH is 1. The van der Waals surface area contributed by atoms with E-state index in [1.165, 1.54) is 16.4 Å². The van der Waals surface area contributed by atoms with Crippen molar-refractivity contribution in [3.8, 4) is 0 Å². The maximum absolute atomic E-state index is 13.1. The van der Waals surface area contributed by atoms with Gasteiger partial charge in [0.15, 0.2) is 0 Å². The van der Waals surface area contributed by atoms with Crippen LogP contribution < -0.4 is 0 Å². The van der Waals surface area contributed by atoms with Crippen LogP contribution in [-0.4, -0.2) is 73.9 Å². The molecule has 1 N–H and O–H groups in total. The van der Waals surface area contributed by atoms with Crippen LogP contribution in [0.25, 0.3) is 0 Å². The summed E-state index contributed by atoms with van der Waals surface area (Å²) in [5, 5.41) is 8.82. The molecule has 7 nitrogen and oxygen atoms in total. The van der Waals surface area contributed by atoms with E-state index in [2.05, 4.69) is 4.74 Å². The Balaban J connectivity index is 1.63. The Morgan fingerprint density at radius 1 is 1.13 bits per heavy atom. The first kappa shape index (κ1) is 23.7. The Morgan fingerprint density at radius 2 is 1.74 bits per heavy atom. The van der Waals surface area contributed by atoms with Crippen molar-refractivity contribution in [1.29, 1.82) is 0 Å². The molecule has 1 amide bonds. The van der Waals surface area contributed by atoms with E-state index >= 15 is 0 Å². The Kier molecular flexibility index (Phi) is 6.82. The molecule has 1 spiro atoms. The molecular formula is C19H24F4N2O5S. The van der Waals surface area contributed by atoms with E-state index in [1.807, 2.05) is 0 Å². The molecule has 2 heterocycles. The number of benzene rings is 1. The minimum atomic E-state index is -4.86. The van der Waals surface area contributed by atoms with E-state index in [1.54, 1.807) is 0 Å². The molecule has 3 rings (SSSR count). The number of aliphatic hydroxyl groups is 1. The van der Waals surface area contributed by atoms with Gasteiger partial charge in [0.2, 0.25) is 16.1 Å². The van der Waals surface area contributed by atoms with Crippen LogP contribution in [0, 0.1) is 11.2 Å². The van der Waals surface area contributed by atoms with Gasteiger partial charge in [0, 0.05) is 26.2 Å². The highest BCUT2D eigenvalue weighted by molar-refractivity contribution is 7.89. The number of piperidine rings is 2. The van der Waals surface area contributed by atoms with E-state index in [4.69, 9.17) is 5.11 Å². The normalized spacial score (nSPS) is 21.1. The van der Waals surface area contributed by atoms with Crippen LogP contribution in [-0.2, 0) is 14.8 Å². The van der Waals surface area contributed by atoms with Gasteiger partial charge in [-0.1, -0.05) is 0 Å². The summed E-state index contributed by atoms with van der Waals surface area (Å²) >= 11 is 0. The van der Waals surface area contributed by atoms with Crippen molar-refractivity contribution in [2.45, 2.75) is 42.9 Å². The fourth-order valence-corrected chi connectivity index (χ4v) is 5.69. The third-order valence-corrected chi connectivity index (χ3v) is 7.79. The molecule has 31 heavy (non-hydrogen) atoms. The molecule has 2 aliphatic rings. The van der Waals surface area contributed by atoms with Crippen LogP contribution in [0.5, 0.6) is 0 Å². The highest BCUT2D eigenvalue weighted by Crippen LogP contribution is 2.41. The molecule has 0 bridgehead atoms. The zero-order valence-electron chi connectivity index (χ0n) is 16.6. The topological polar surface area (TPSA) is 87.2 Å². The molecule has 0 aliphatic carbocycles. The van der Waals surface area contributed by atoms with Crippen molar-refractivity contribution in [1.82, 2.24) is 9.21 Å². The molecule has 0 saturated carbocycles. The number of carbonyl (C=O) groups excluding carboxylic acids is 1. The van der Waals surface area contributed by atoms with Gasteiger partial charge in [-0.15, -0.1) is 0 Å². The summed E-state index contributed by atoms with van der Waals surface area (Å²) in [4.78, 5) is 13.2. The van der Waals surface area contributed by atoms with E-state index in [0.29, 0.717) is 25.8 Å². The maximum atomic E-state index is 13.1. The highest BCUT2D eigenvalue weighted by atomic mass is 32.2. The number of hydrogen-bond donors (Lipinski definition) is 1. The van der Waals surface area contributed by atoms with Gasteiger partial charge in [-0.2, -0.15) is 17.5 Å². The number of ether oxygens (including phenoxy) is 1. The first-order valence-corrected chi connectivity index (χ1v) is 11.3. The minimum Gasteiger partial charge on any atom is -0.434 e. The average molecular weight is 468 g/mol. The maximum Gasteiger partial charge on any atom is 0.427 e. The lowest BCUT2D eigenvalue weighted by Gasteiger charge is -2.47. The number of rotatable bonds is 4. The quantitative estimate of drug-likeness (QED) is 0.687. The predicted octanol–water partition coefficient (Wildman–Crippen LogP) is 2.75. The zero-order chi connectivity index (χ0) is 22.9. The number of nitrogens with zero attached hydrogens (tertiary/aromatic N) is 2. The summed E-state index contributed by atoms with van der Waals surface area (Å²) < 4.78 is 82.9. The zero-order valence-corrected chi connectivity index (χ0v) is 17.5. The van der Waals surface area contributed by atoms with Crippen LogP contribution in [0.15, 0.2) is 29.2 Å². The highest BCUT2D eigenvalue weighted by Gasteiger charge is 2.45. The molecule has 2 fully saturated rings. The summed E-state index contributed by atoms with van der Waals surface area (Å²) in [6, 6.07) is 4.58. The van der Waals surface area contributed by atoms with Gasteiger partial charge in [-0.25, -0.2) is 17.6 Å². The number of carbonyl (C=O) groups is 1. The van der Waals surface area contributed by atoms with Gasteiger partial charge in [-0.3, -0.25) is 0 Å². The van der Waals surface area contributed by atoms with Crippen molar-refractivity contribution in [3.63, 3.8) is 0 Å². The molecule has 1 aromatic rings. The summed E-state index contributed by atoms with van der Waals surface area (Å²) in [5.41, 5.74) is -0.400. The second kappa shape index (κ2) is 8.91. The number of likely N-dealkylation sites (tertiary alicyclic amines) is 1. The average Bonchev–Trinajstić information content (AvgIpc) is 2.72. The van der Waals surface area contributed by atoms with Gasteiger partial charge in [-0.05, 0) is 55.4 Å². The van der Waals surface area contributed by atoms with Gasteiger partial charge in [0.1, 0.15) is 5.82 Å². The fourth-order valence-electron chi connectivity index (χ4n) is 4.10. The molecule has 0 radical (unpaired) electrons. The lowest BCUT2D eigenvalue weighted by molar-refractivity contribution is -0.215. The van der Waals surface area contributed by atoms with Crippen molar-refractivity contribution in [2.24, 2.45) is 5.41 Å². The van der Waals surface area contributed by atoms with E-state index < -0.39 is 46.2 Å². The Hall–Kier alpha value is -1.92. The third kappa shape index (κ3) is 5.29. The molecule has 2 saturated heterocycles. The molecule has 174 valence electrons. The van der Waals surface area contributed by atoms with Crippen LogP contribution >= 0.6 is 0 Å². The molecular weight excluding hydrogens is 444 g/mol. The van der Waals surface area contributed by atoms with E-state index in [-0.39, 0.29) is 24.5 Å². The van der Waals surface area contributed by atoms with Gasteiger partial charge in [0.05, 0.1) is 11.5 Å². The minimum absolute atomic E-state index is 0.00541. The summed E-state index contributed by atoms with van der Waals surface area (Å²) in [5.74, 6) is -0.540. The summed E-state index contributed by atoms with van der Waals surface area (Å²) in [6.07, 6.45) is -6.45. The van der Waals surface area contributed by atoms with Gasteiger partial charge >= 0.3 is 12.3 Å². The largest absolute Gasteiger partial charge is 0.434 e. The Labute approximate surface area is 177 Å². The van der Waals surface area contributed by atoms with Crippen LogP contribution in [0.4, 0.5) is 22.4 Å². The van der Waals surface area contributed by atoms with E-state index in [0.717, 1.165) is 23.5 Å². The van der Waals surface area contributed by atoms with Crippen LogP contribution in [0.3, 0.4) is 0 Å². The monoisotopic (exact) mass is 468 g/mol. The van der Waals surface area contributed by atoms with Gasteiger partial charge in [0.25, 0.3) is 0 Å². The second-order valence-corrected chi connectivity index (χ2v) is 9.92. The van der Waals surface area contributed by atoms with Crippen molar-refractivity contribution in [3.05, 3.63) is 30.1 Å². The predicted molar refractivity (Wildman–Crippen MR) is 101 cm³/mol. The Bertz CT molecular complexity index is 884. The SMILES string of the molecule is O=C(O[C@H](CO)C(F)(F)F)N1CCC2(CCCN(S(=O)(=O)c3ccc(F)cc3)C2)CC1. The molecule has 0 aromatic heterocycles. The lowest BCUT2D eigenvalue weighted by atomic mass is 9.73. The molecule has 0 unspecified atom stereocenters. The number of alkyl halides is 3. The first-order valence-electron chi connectivity index (χ1n) is 9.86. The molecule has 1 aromatic carbocycles. The molecule has 2 aliphatic heterocycles. The van der Waals surface area contributed by atoms with Crippen molar-refractivity contribution < 1.29 is 40.6 Å². The van der Waals surface area contributed by atoms with Crippen molar-refractivity contribution >= 4 is 16.1 Å². The number of hydrogen-bond acceptors (Lipinski definition) is 5.